The van der Waals surface area contributed by atoms with E-state index in [4.69, 9.17) is 34.8 Å². The Labute approximate surface area is 149 Å². The van der Waals surface area contributed by atoms with Crippen molar-refractivity contribution in [3.8, 4) is 0 Å². The van der Waals surface area contributed by atoms with E-state index in [0.29, 0.717) is 17.6 Å². The Morgan fingerprint density at radius 1 is 0.955 bits per heavy atom. The lowest BCUT2D eigenvalue weighted by Gasteiger charge is -2.26. The van der Waals surface area contributed by atoms with Gasteiger partial charge < -0.3 is 0 Å². The fourth-order valence-corrected chi connectivity index (χ4v) is 5.15. The molecule has 0 heterocycles. The Hall–Kier alpha value is -0.590. The number of anilines is 1. The van der Waals surface area contributed by atoms with Crippen molar-refractivity contribution in [2.24, 2.45) is 0 Å². The first-order valence-corrected chi connectivity index (χ1v) is 9.48. The maximum atomic E-state index is 12.9. The highest BCUT2D eigenvalue weighted by Crippen LogP contribution is 2.45. The van der Waals surface area contributed by atoms with Crippen LogP contribution in [0.1, 0.15) is 5.56 Å². The van der Waals surface area contributed by atoms with E-state index in [1.54, 1.807) is 42.5 Å². The molecule has 0 amide bonds. The minimum Gasteiger partial charge on any atom is -0.204 e. The van der Waals surface area contributed by atoms with Gasteiger partial charge in [-0.05, 0) is 31.2 Å². The first kappa shape index (κ1) is 17.8. The second kappa shape index (κ2) is 6.89. The van der Waals surface area contributed by atoms with Gasteiger partial charge in [-0.2, -0.15) is 0 Å². The highest BCUT2D eigenvalue weighted by atomic mass is 35.6. The number of sulfonamides is 1. The third-order valence-corrected chi connectivity index (χ3v) is 6.22. The number of rotatable bonds is 4. The largest absolute Gasteiger partial charge is 0.273 e. The van der Waals surface area contributed by atoms with Crippen molar-refractivity contribution in [1.29, 1.82) is 0 Å². The van der Waals surface area contributed by atoms with Gasteiger partial charge >= 0.3 is 0 Å². The molecule has 0 saturated carbocycles. The minimum absolute atomic E-state index is 0.128. The van der Waals surface area contributed by atoms with Gasteiger partial charge in [0, 0.05) is 11.9 Å². The first-order chi connectivity index (χ1) is 10.2. The highest BCUT2D eigenvalue weighted by Gasteiger charge is 2.34. The average molecular weight is 397 g/mol. The lowest BCUT2D eigenvalue weighted by atomic mass is 10.2. The van der Waals surface area contributed by atoms with Gasteiger partial charge in [-0.15, -0.1) is 0 Å². The molecule has 22 heavy (non-hydrogen) atoms. The number of aryl methyl sites for hydroxylation is 1. The molecule has 0 radical (unpaired) electrons. The summed E-state index contributed by atoms with van der Waals surface area (Å²) < 4.78 is 24.9. The van der Waals surface area contributed by atoms with Gasteiger partial charge in [0.15, 0.2) is 0 Å². The fourth-order valence-electron chi connectivity index (χ4n) is 1.69. The SMILES string of the molecule is Cc1ccc(S(=O)(=O)N(SC(Cl)(Cl)Cl)c2ccccc2)cc1. The monoisotopic (exact) mass is 395 g/mol. The zero-order chi connectivity index (χ0) is 16.4. The standard InChI is InChI=1S/C14H12Cl3NO2S2/c1-11-7-9-13(10-8-11)22(19,20)18(21-14(15,16)17)12-5-3-2-4-6-12/h2-10H,1H3. The van der Waals surface area contributed by atoms with Crippen molar-refractivity contribution >= 4 is 62.5 Å². The zero-order valence-electron chi connectivity index (χ0n) is 11.4. The molecule has 0 N–H and O–H groups in total. The van der Waals surface area contributed by atoms with Crippen molar-refractivity contribution in [1.82, 2.24) is 0 Å². The molecule has 8 heteroatoms. The molecule has 0 saturated heterocycles. The number of nitrogens with zero attached hydrogens (tertiary/aromatic N) is 1. The molecule has 3 nitrogen and oxygen atoms in total. The topological polar surface area (TPSA) is 37.4 Å². The third kappa shape index (κ3) is 4.46. The predicted octanol–water partition coefficient (Wildman–Crippen LogP) is 5.17. The molecular weight excluding hydrogens is 385 g/mol. The van der Waals surface area contributed by atoms with Crippen LogP contribution in [0.3, 0.4) is 0 Å². The Morgan fingerprint density at radius 3 is 2.00 bits per heavy atom. The van der Waals surface area contributed by atoms with Crippen LogP contribution in [-0.4, -0.2) is 11.5 Å². The molecule has 2 rings (SSSR count). The normalized spacial score (nSPS) is 12.2. The fraction of sp³-hybridized carbons (Fsp3) is 0.143. The van der Waals surface area contributed by atoms with E-state index in [-0.39, 0.29) is 4.90 Å². The van der Waals surface area contributed by atoms with Gasteiger partial charge in [-0.25, -0.2) is 12.1 Å². The van der Waals surface area contributed by atoms with Gasteiger partial charge in [-0.1, -0.05) is 70.7 Å². The van der Waals surface area contributed by atoms with Gasteiger partial charge in [0.1, 0.15) is 0 Å². The Kier molecular flexibility index (Phi) is 5.56. The number of alkyl halides is 3. The van der Waals surface area contributed by atoms with Gasteiger partial charge in [-0.3, -0.25) is 0 Å². The third-order valence-electron chi connectivity index (χ3n) is 2.69. The minimum atomic E-state index is -3.86. The van der Waals surface area contributed by atoms with Crippen LogP contribution >= 0.6 is 46.8 Å². The van der Waals surface area contributed by atoms with Gasteiger partial charge in [0.2, 0.25) is 0 Å². The van der Waals surface area contributed by atoms with Crippen molar-refractivity contribution < 1.29 is 8.42 Å². The maximum absolute atomic E-state index is 12.9. The maximum Gasteiger partial charge on any atom is 0.273 e. The number of hydrogen-bond donors (Lipinski definition) is 0. The van der Waals surface area contributed by atoms with Crippen molar-refractivity contribution in [3.63, 3.8) is 0 Å². The second-order valence-corrected chi connectivity index (χ2v) is 10.5. The summed E-state index contributed by atoms with van der Waals surface area (Å²) in [6.45, 7) is 1.88. The van der Waals surface area contributed by atoms with Crippen LogP contribution in [0.2, 0.25) is 0 Å². The molecule has 118 valence electrons. The Balaban J connectivity index is 2.50. The van der Waals surface area contributed by atoms with Crippen LogP contribution in [0.15, 0.2) is 59.5 Å². The van der Waals surface area contributed by atoms with E-state index in [2.05, 4.69) is 0 Å². The lowest BCUT2D eigenvalue weighted by molar-refractivity contribution is 0.598. The van der Waals surface area contributed by atoms with Crippen LogP contribution in [0, 0.1) is 6.92 Å². The summed E-state index contributed by atoms with van der Waals surface area (Å²) in [7, 11) is -3.86. The Bertz CT molecular complexity index is 729. The van der Waals surface area contributed by atoms with Crippen LogP contribution in [0.5, 0.6) is 0 Å². The molecule has 0 aliphatic carbocycles. The molecule has 0 aliphatic rings. The average Bonchev–Trinajstić information content (AvgIpc) is 2.45. The van der Waals surface area contributed by atoms with E-state index in [1.165, 1.54) is 12.1 Å². The molecular formula is C14H12Cl3NO2S2. The van der Waals surface area contributed by atoms with Crippen LogP contribution < -0.4 is 3.71 Å². The number of hydrogen-bond acceptors (Lipinski definition) is 3. The lowest BCUT2D eigenvalue weighted by Crippen LogP contribution is -2.27. The van der Waals surface area contributed by atoms with E-state index in [9.17, 15) is 8.42 Å². The molecule has 0 aromatic heterocycles. The molecule has 2 aromatic carbocycles. The van der Waals surface area contributed by atoms with Crippen molar-refractivity contribution in [2.45, 2.75) is 14.9 Å². The Morgan fingerprint density at radius 2 is 1.50 bits per heavy atom. The summed E-state index contributed by atoms with van der Waals surface area (Å²) in [5.74, 6) is 0. The quantitative estimate of drug-likeness (QED) is 0.529. The van der Waals surface area contributed by atoms with Crippen LogP contribution in [-0.2, 0) is 10.0 Å². The van der Waals surface area contributed by atoms with Crippen LogP contribution in [0.4, 0.5) is 5.69 Å². The summed E-state index contributed by atoms with van der Waals surface area (Å²) in [4.78, 5) is 0.128. The summed E-state index contributed by atoms with van der Waals surface area (Å²) in [5.41, 5.74) is 1.36. The molecule has 2 aromatic rings. The summed E-state index contributed by atoms with van der Waals surface area (Å²) in [6.07, 6.45) is 0. The molecule has 0 unspecified atom stereocenters. The highest BCUT2D eigenvalue weighted by molar-refractivity contribution is 8.17. The first-order valence-electron chi connectivity index (χ1n) is 6.13. The molecule has 0 spiro atoms. The van der Waals surface area contributed by atoms with Crippen LogP contribution in [0.25, 0.3) is 0 Å². The van der Waals surface area contributed by atoms with Gasteiger partial charge in [0.25, 0.3) is 13.1 Å². The van der Waals surface area contributed by atoms with Crippen molar-refractivity contribution in [2.75, 3.05) is 3.71 Å². The smallest absolute Gasteiger partial charge is 0.204 e. The number of benzene rings is 2. The summed E-state index contributed by atoms with van der Waals surface area (Å²) in [6, 6.07) is 15.0. The molecule has 0 atom stereocenters. The van der Waals surface area contributed by atoms with E-state index in [0.717, 1.165) is 9.27 Å². The molecule has 0 aliphatic heterocycles. The number of para-hydroxylation sites is 1. The predicted molar refractivity (Wildman–Crippen MR) is 95.2 cm³/mol. The molecule has 0 bridgehead atoms. The zero-order valence-corrected chi connectivity index (χ0v) is 15.3. The van der Waals surface area contributed by atoms with E-state index < -0.39 is 13.1 Å². The molecule has 0 fully saturated rings. The summed E-state index contributed by atoms with van der Waals surface area (Å²) in [5, 5.41) is 0. The second-order valence-electron chi connectivity index (χ2n) is 4.42. The number of halogens is 3. The summed E-state index contributed by atoms with van der Waals surface area (Å²) >= 11 is 18.0. The van der Waals surface area contributed by atoms with Gasteiger partial charge in [0.05, 0.1) is 10.6 Å². The van der Waals surface area contributed by atoms with E-state index >= 15 is 0 Å². The van der Waals surface area contributed by atoms with Crippen molar-refractivity contribution in [3.05, 3.63) is 60.2 Å². The van der Waals surface area contributed by atoms with E-state index in [1.807, 2.05) is 6.92 Å².